The quantitative estimate of drug-likeness (QED) is 0.236. The molecule has 4 aliphatic carbocycles. The minimum atomic E-state index is -0.0377. The van der Waals surface area contributed by atoms with Crippen molar-refractivity contribution in [1.82, 2.24) is 0 Å². The van der Waals surface area contributed by atoms with Crippen molar-refractivity contribution in [1.29, 1.82) is 0 Å². The Balaban J connectivity index is 1.68. The van der Waals surface area contributed by atoms with Crippen molar-refractivity contribution in [3.05, 3.63) is 0 Å². The number of fused-ring (bicyclic) bond motifs is 5. The van der Waals surface area contributed by atoms with Crippen molar-refractivity contribution in [2.75, 3.05) is 54.5 Å². The first-order chi connectivity index (χ1) is 17.7. The van der Waals surface area contributed by atoms with Crippen molar-refractivity contribution in [2.24, 2.45) is 46.3 Å². The van der Waals surface area contributed by atoms with Gasteiger partial charge in [0.05, 0.1) is 53.6 Å². The number of likely N-dealkylation sites (N-methyl/N-ethyl adjacent to an activating group) is 2. The molecule has 0 aromatic rings. The van der Waals surface area contributed by atoms with Gasteiger partial charge in [0.25, 0.3) is 0 Å². The summed E-state index contributed by atoms with van der Waals surface area (Å²) in [5.74, 6) is 3.94. The number of hydrogen-bond acceptors (Lipinski definition) is 4. The van der Waals surface area contributed by atoms with Gasteiger partial charge in [-0.05, 0) is 79.4 Å². The van der Waals surface area contributed by atoms with Gasteiger partial charge in [-0.15, -0.1) is 0 Å². The molecule has 0 aromatic heterocycles. The van der Waals surface area contributed by atoms with Gasteiger partial charge in [0, 0.05) is 5.41 Å². The molecule has 2 N–H and O–H groups in total. The van der Waals surface area contributed by atoms with Gasteiger partial charge in [0.15, 0.2) is 0 Å². The Bertz CT molecular complexity index is 778. The number of hydrogen-bond donors (Lipinski definition) is 2. The number of ether oxygens (including phenoxy) is 2. The van der Waals surface area contributed by atoms with Gasteiger partial charge < -0.3 is 9.47 Å². The van der Waals surface area contributed by atoms with Crippen LogP contribution in [0.3, 0.4) is 0 Å². The molecule has 0 bridgehead atoms. The third-order valence-electron chi connectivity index (χ3n) is 12.1. The minimum Gasteiger partial charge on any atom is -0.372 e. The Hall–Kier alpha value is -0.240. The molecular weight excluding hydrogens is 476 g/mol. The maximum atomic E-state index is 10.4. The summed E-state index contributed by atoms with van der Waals surface area (Å²) >= 11 is 0. The Morgan fingerprint density at radius 3 is 2.16 bits per heavy atom. The van der Waals surface area contributed by atoms with Gasteiger partial charge in [0.2, 0.25) is 0 Å². The van der Waals surface area contributed by atoms with Crippen molar-refractivity contribution in [2.45, 2.75) is 104 Å². The van der Waals surface area contributed by atoms with Crippen LogP contribution in [0.1, 0.15) is 91.9 Å². The molecule has 0 unspecified atom stereocenters. The van der Waals surface area contributed by atoms with E-state index in [0.29, 0.717) is 67.4 Å². The maximum absolute atomic E-state index is 10.4. The molecular formula is C32H62N2O4+2. The van der Waals surface area contributed by atoms with Crippen LogP contribution in [0, 0.1) is 46.3 Å². The van der Waals surface area contributed by atoms with Crippen LogP contribution in [-0.2, 0) is 9.47 Å². The molecule has 4 fully saturated rings. The van der Waals surface area contributed by atoms with Crippen molar-refractivity contribution in [3.8, 4) is 0 Å². The molecule has 6 heteroatoms. The van der Waals surface area contributed by atoms with Crippen molar-refractivity contribution in [3.63, 3.8) is 0 Å². The Labute approximate surface area is 234 Å². The van der Waals surface area contributed by atoms with E-state index in [1.165, 1.54) is 57.8 Å². The zero-order valence-electron chi connectivity index (χ0n) is 26.1. The number of quaternary nitrogens is 2. The van der Waals surface area contributed by atoms with Gasteiger partial charge >= 0.3 is 0 Å². The largest absolute Gasteiger partial charge is 0.372 e. The third-order valence-corrected chi connectivity index (χ3v) is 12.1. The highest BCUT2D eigenvalue weighted by Crippen LogP contribution is 2.69. The van der Waals surface area contributed by atoms with Crippen molar-refractivity contribution < 1.29 is 29.2 Å². The molecule has 222 valence electrons. The summed E-state index contributed by atoms with van der Waals surface area (Å²) in [6.45, 7) is 12.5. The molecule has 4 saturated carbocycles. The zero-order valence-corrected chi connectivity index (χ0v) is 26.1. The van der Waals surface area contributed by atoms with Crippen molar-refractivity contribution >= 4 is 0 Å². The lowest BCUT2D eigenvalue weighted by Crippen LogP contribution is -2.63. The second kappa shape index (κ2) is 11.6. The van der Waals surface area contributed by atoms with E-state index >= 15 is 0 Å². The van der Waals surface area contributed by atoms with Gasteiger partial charge in [-0.1, -0.05) is 53.4 Å². The van der Waals surface area contributed by atoms with E-state index in [0.717, 1.165) is 12.3 Å². The molecule has 0 radical (unpaired) electrons. The summed E-state index contributed by atoms with van der Waals surface area (Å²) in [7, 11) is 7.37. The zero-order chi connectivity index (χ0) is 27.9. The van der Waals surface area contributed by atoms with Gasteiger partial charge in [-0.25, -0.2) is 10.4 Å². The van der Waals surface area contributed by atoms with E-state index in [1.807, 2.05) is 28.2 Å². The fourth-order valence-electron chi connectivity index (χ4n) is 10.1. The third kappa shape index (κ3) is 6.16. The number of nitrogens with zero attached hydrogens (tertiary/aromatic N) is 2. The normalized spacial score (nSPS) is 42.3. The molecule has 4 rings (SSSR count). The average Bonchev–Trinajstić information content (AvgIpc) is 3.16. The van der Waals surface area contributed by atoms with Crippen LogP contribution in [0.5, 0.6) is 0 Å². The van der Waals surface area contributed by atoms with Crippen LogP contribution in [-0.4, -0.2) is 86.4 Å². The highest BCUT2D eigenvalue weighted by molar-refractivity contribution is 5.14. The average molecular weight is 539 g/mol. The molecule has 10 atom stereocenters. The van der Waals surface area contributed by atoms with E-state index in [-0.39, 0.29) is 20.8 Å². The fourth-order valence-corrected chi connectivity index (χ4v) is 10.1. The van der Waals surface area contributed by atoms with E-state index in [4.69, 9.17) is 9.47 Å². The minimum absolute atomic E-state index is 0.0324. The Morgan fingerprint density at radius 2 is 1.53 bits per heavy atom. The van der Waals surface area contributed by atoms with Crippen LogP contribution in [0.15, 0.2) is 0 Å². The number of hydroxylamine groups is 6. The van der Waals surface area contributed by atoms with E-state index in [1.54, 1.807) is 0 Å². The lowest BCUT2D eigenvalue weighted by molar-refractivity contribution is -1.07. The molecule has 0 saturated heterocycles. The van der Waals surface area contributed by atoms with Gasteiger partial charge in [0.1, 0.15) is 13.1 Å². The Morgan fingerprint density at radius 1 is 0.868 bits per heavy atom. The molecule has 6 nitrogen and oxygen atoms in total. The second-order valence-corrected chi connectivity index (χ2v) is 15.5. The molecule has 0 aliphatic heterocycles. The van der Waals surface area contributed by atoms with Crippen LogP contribution >= 0.6 is 0 Å². The van der Waals surface area contributed by atoms with E-state index < -0.39 is 0 Å². The molecule has 0 aromatic carbocycles. The summed E-state index contributed by atoms with van der Waals surface area (Å²) < 4.78 is 13.7. The first kappa shape index (κ1) is 30.7. The summed E-state index contributed by atoms with van der Waals surface area (Å²) in [5, 5.41) is 20.7. The number of rotatable bonds is 11. The topological polar surface area (TPSA) is 58.9 Å². The maximum Gasteiger partial charge on any atom is 0.132 e. The van der Waals surface area contributed by atoms with Crippen LogP contribution < -0.4 is 0 Å². The van der Waals surface area contributed by atoms with Gasteiger partial charge in [-0.3, -0.25) is 0 Å². The molecule has 0 amide bonds. The lowest BCUT2D eigenvalue weighted by Gasteiger charge is -2.64. The first-order valence-electron chi connectivity index (χ1n) is 16.1. The molecule has 4 aliphatic rings. The predicted molar refractivity (Wildman–Crippen MR) is 152 cm³/mol. The van der Waals surface area contributed by atoms with E-state index in [2.05, 4.69) is 27.7 Å². The Kier molecular flexibility index (Phi) is 9.35. The predicted octanol–water partition coefficient (Wildman–Crippen LogP) is 6.39. The lowest BCUT2D eigenvalue weighted by atomic mass is 9.43. The SMILES string of the molecule is CCC[C@@H](C)[C@H]1CC[C@H]2[C@@H]3[C@H](OCC[N+](C)(C)O)C[C@@H]4CCCC[C@]4(C)[C@H]3C[C@H](OCC[N+](C)(C)O)[C@]12C. The van der Waals surface area contributed by atoms with Crippen LogP contribution in [0.2, 0.25) is 0 Å². The summed E-state index contributed by atoms with van der Waals surface area (Å²) in [6.07, 6.45) is 13.4. The smallest absolute Gasteiger partial charge is 0.132 e. The highest BCUT2D eigenvalue weighted by atomic mass is 16.6. The summed E-state index contributed by atoms with van der Waals surface area (Å²) in [5.41, 5.74) is 0.519. The summed E-state index contributed by atoms with van der Waals surface area (Å²) in [4.78, 5) is 0. The standard InChI is InChI=1S/C32H62N2O4/c1-9-12-23(2)25-14-15-26-30-27(22-29(32(25,26)4)38-20-18-34(7,8)36)31(3)16-11-10-13-24(31)21-28(30)37-19-17-33(5,6)35/h23-30,35-36H,9-22H2,1-8H3/q+2/t23-,24+,25-,26+,27+,28-,29+,30+,31+,32-/m1/s1. The molecule has 38 heavy (non-hydrogen) atoms. The molecule has 0 spiro atoms. The van der Waals surface area contributed by atoms with Gasteiger partial charge in [-0.2, -0.15) is 9.29 Å². The van der Waals surface area contributed by atoms with Crippen LogP contribution in [0.4, 0.5) is 0 Å². The molecule has 0 heterocycles. The monoisotopic (exact) mass is 538 g/mol. The van der Waals surface area contributed by atoms with E-state index in [9.17, 15) is 10.4 Å². The second-order valence-electron chi connectivity index (χ2n) is 15.5. The highest BCUT2D eigenvalue weighted by Gasteiger charge is 2.66. The first-order valence-corrected chi connectivity index (χ1v) is 16.1. The van der Waals surface area contributed by atoms with Crippen LogP contribution in [0.25, 0.3) is 0 Å². The summed E-state index contributed by atoms with van der Waals surface area (Å²) in [6, 6.07) is 0. The fraction of sp³-hybridized carbons (Fsp3) is 1.00.